The van der Waals surface area contributed by atoms with Crippen LogP contribution in [0.5, 0.6) is 11.5 Å². The van der Waals surface area contributed by atoms with Gasteiger partial charge in [0, 0.05) is 10.4 Å². The van der Waals surface area contributed by atoms with Crippen LogP contribution in [0.15, 0.2) is 56.8 Å². The first kappa shape index (κ1) is 21.1. The number of fused-ring (bicyclic) bond motifs is 1. The van der Waals surface area contributed by atoms with E-state index in [0.717, 1.165) is 4.88 Å². The zero-order valence-electron chi connectivity index (χ0n) is 17.1. The Morgan fingerprint density at radius 1 is 1.32 bits per heavy atom. The highest BCUT2D eigenvalue weighted by Gasteiger charge is 2.33. The molecule has 7 nitrogen and oxygen atoms in total. The maximum Gasteiger partial charge on any atom is 0.338 e. The number of allylic oxidation sites excluding steroid dienone is 1. The highest BCUT2D eigenvalue weighted by molar-refractivity contribution is 7.10. The summed E-state index contributed by atoms with van der Waals surface area (Å²) >= 11 is 2.66. The molecule has 0 bridgehead atoms. The van der Waals surface area contributed by atoms with Crippen molar-refractivity contribution in [1.29, 1.82) is 0 Å². The summed E-state index contributed by atoms with van der Waals surface area (Å²) < 4.78 is 12.3. The lowest BCUT2D eigenvalue weighted by Gasteiger charge is -2.23. The van der Waals surface area contributed by atoms with E-state index in [0.29, 0.717) is 31.9 Å². The summed E-state index contributed by atoms with van der Waals surface area (Å²) in [6.45, 7) is 3.72. The molecular weight excluding hydrogens is 436 g/mol. The standard InChI is InChI=1S/C22H20N2O5S2/c1-4-29-21(27)17-12(2)23-22-24(18(17)15-9-6-10-30-15)20(26)16(31-22)11-13-7-5-8-14(28-3)19(13)25/h5-11,18,25H,4H2,1-3H3/b16-11+/t18-/m1/s1. The lowest BCUT2D eigenvalue weighted by atomic mass is 10.0. The van der Waals surface area contributed by atoms with Crippen molar-refractivity contribution in [1.82, 2.24) is 4.57 Å². The summed E-state index contributed by atoms with van der Waals surface area (Å²) in [6, 6.07) is 8.22. The van der Waals surface area contributed by atoms with Crippen LogP contribution in [0.25, 0.3) is 6.08 Å². The van der Waals surface area contributed by atoms with Gasteiger partial charge in [-0.15, -0.1) is 11.3 Å². The Labute approximate surface area is 185 Å². The lowest BCUT2D eigenvalue weighted by molar-refractivity contribution is -0.139. The van der Waals surface area contributed by atoms with Gasteiger partial charge in [0.1, 0.15) is 6.04 Å². The molecule has 0 fully saturated rings. The van der Waals surface area contributed by atoms with Gasteiger partial charge in [0.25, 0.3) is 5.56 Å². The fourth-order valence-electron chi connectivity index (χ4n) is 3.47. The molecule has 0 unspecified atom stereocenters. The van der Waals surface area contributed by atoms with E-state index in [-0.39, 0.29) is 17.9 Å². The molecule has 1 aliphatic rings. The van der Waals surface area contributed by atoms with Crippen molar-refractivity contribution in [3.63, 3.8) is 0 Å². The molecule has 4 rings (SSSR count). The number of hydrogen-bond acceptors (Lipinski definition) is 8. The third kappa shape index (κ3) is 3.70. The van der Waals surface area contributed by atoms with Gasteiger partial charge in [0.15, 0.2) is 16.3 Å². The number of thiophene rings is 1. The molecule has 0 aliphatic carbocycles. The van der Waals surface area contributed by atoms with Crippen molar-refractivity contribution in [3.8, 4) is 11.5 Å². The number of ether oxygens (including phenoxy) is 2. The SMILES string of the molecule is CCOC(=O)C1=C(C)N=c2s/c(=C/c3cccc(OC)c3O)c(=O)n2[C@@H]1c1cccs1. The molecule has 0 radical (unpaired) electrons. The Morgan fingerprint density at radius 3 is 2.81 bits per heavy atom. The molecule has 9 heteroatoms. The molecule has 1 aliphatic heterocycles. The van der Waals surface area contributed by atoms with Crippen LogP contribution in [0, 0.1) is 0 Å². The average molecular weight is 457 g/mol. The first-order chi connectivity index (χ1) is 15.0. The van der Waals surface area contributed by atoms with Gasteiger partial charge in [-0.3, -0.25) is 9.36 Å². The summed E-state index contributed by atoms with van der Waals surface area (Å²) in [5, 5.41) is 12.3. The van der Waals surface area contributed by atoms with Gasteiger partial charge in [-0.25, -0.2) is 9.79 Å². The minimum atomic E-state index is -0.614. The van der Waals surface area contributed by atoms with Crippen molar-refractivity contribution in [3.05, 3.63) is 77.1 Å². The average Bonchev–Trinajstić information content (AvgIpc) is 3.37. The second-order valence-corrected chi connectivity index (χ2v) is 8.70. The predicted molar refractivity (Wildman–Crippen MR) is 119 cm³/mol. The Kier molecular flexibility index (Phi) is 5.79. The van der Waals surface area contributed by atoms with E-state index in [9.17, 15) is 14.7 Å². The number of aromatic hydroxyl groups is 1. The van der Waals surface area contributed by atoms with Crippen LogP contribution in [0.2, 0.25) is 0 Å². The van der Waals surface area contributed by atoms with Crippen LogP contribution in [0.1, 0.15) is 30.3 Å². The summed E-state index contributed by atoms with van der Waals surface area (Å²) in [4.78, 5) is 32.0. The molecule has 31 heavy (non-hydrogen) atoms. The fourth-order valence-corrected chi connectivity index (χ4v) is 5.33. The summed E-state index contributed by atoms with van der Waals surface area (Å²) in [6.07, 6.45) is 1.61. The van der Waals surface area contributed by atoms with Crippen LogP contribution in [0.4, 0.5) is 0 Å². The second-order valence-electron chi connectivity index (χ2n) is 6.72. The van der Waals surface area contributed by atoms with Crippen LogP contribution >= 0.6 is 22.7 Å². The van der Waals surface area contributed by atoms with Crippen LogP contribution in [0.3, 0.4) is 0 Å². The third-order valence-corrected chi connectivity index (χ3v) is 6.77. The molecule has 160 valence electrons. The maximum absolute atomic E-state index is 13.4. The molecule has 1 aromatic carbocycles. The number of methoxy groups -OCH3 is 1. The number of carbonyl (C=O) groups excluding carboxylic acids is 1. The molecule has 1 atom stereocenters. The molecule has 0 saturated heterocycles. The number of hydrogen-bond donors (Lipinski definition) is 1. The number of aromatic nitrogens is 1. The highest BCUT2D eigenvalue weighted by atomic mass is 32.1. The normalized spacial score (nSPS) is 16.1. The van der Waals surface area contributed by atoms with E-state index in [1.807, 2.05) is 17.5 Å². The summed E-state index contributed by atoms with van der Waals surface area (Å²) in [7, 11) is 1.47. The molecule has 3 heterocycles. The number of phenolic OH excluding ortho intramolecular Hbond substituents is 1. The van der Waals surface area contributed by atoms with E-state index in [1.165, 1.54) is 34.4 Å². The number of phenols is 1. The van der Waals surface area contributed by atoms with Gasteiger partial charge in [-0.1, -0.05) is 29.5 Å². The molecular formula is C22H20N2O5S2. The van der Waals surface area contributed by atoms with Crippen molar-refractivity contribution >= 4 is 34.7 Å². The summed E-state index contributed by atoms with van der Waals surface area (Å²) in [5.74, 6) is -0.214. The van der Waals surface area contributed by atoms with E-state index in [1.54, 1.807) is 38.1 Å². The van der Waals surface area contributed by atoms with E-state index in [2.05, 4.69) is 4.99 Å². The van der Waals surface area contributed by atoms with E-state index in [4.69, 9.17) is 9.47 Å². The van der Waals surface area contributed by atoms with Crippen LogP contribution in [-0.2, 0) is 9.53 Å². The molecule has 0 amide bonds. The Morgan fingerprint density at radius 2 is 2.13 bits per heavy atom. The largest absolute Gasteiger partial charge is 0.504 e. The molecule has 2 aromatic heterocycles. The molecule has 0 saturated carbocycles. The van der Waals surface area contributed by atoms with E-state index < -0.39 is 12.0 Å². The zero-order valence-corrected chi connectivity index (χ0v) is 18.8. The number of carbonyl (C=O) groups is 1. The number of para-hydroxylation sites is 1. The van der Waals surface area contributed by atoms with Crippen LogP contribution in [-0.4, -0.2) is 29.4 Å². The van der Waals surface area contributed by atoms with Crippen molar-refractivity contribution < 1.29 is 19.4 Å². The Bertz CT molecular complexity index is 1350. The molecule has 3 aromatic rings. The minimum Gasteiger partial charge on any atom is -0.504 e. The van der Waals surface area contributed by atoms with Gasteiger partial charge in [-0.05, 0) is 37.4 Å². The van der Waals surface area contributed by atoms with Crippen molar-refractivity contribution in [2.75, 3.05) is 13.7 Å². The Hall–Kier alpha value is -3.17. The first-order valence-electron chi connectivity index (χ1n) is 9.55. The van der Waals surface area contributed by atoms with Crippen LogP contribution < -0.4 is 19.6 Å². The quantitative estimate of drug-likeness (QED) is 0.596. The minimum absolute atomic E-state index is 0.0472. The molecule has 1 N–H and O–H groups in total. The van der Waals surface area contributed by atoms with E-state index >= 15 is 0 Å². The third-order valence-electron chi connectivity index (χ3n) is 4.87. The number of thiazole rings is 1. The number of nitrogens with zero attached hydrogens (tertiary/aromatic N) is 2. The number of benzene rings is 1. The topological polar surface area (TPSA) is 90.1 Å². The fraction of sp³-hybridized carbons (Fsp3) is 0.227. The van der Waals surface area contributed by atoms with Gasteiger partial charge in [0.05, 0.1) is 29.5 Å². The Balaban J connectivity index is 1.95. The van der Waals surface area contributed by atoms with Gasteiger partial charge in [0.2, 0.25) is 0 Å². The summed E-state index contributed by atoms with van der Waals surface area (Å²) in [5.41, 5.74) is 1.04. The maximum atomic E-state index is 13.4. The highest BCUT2D eigenvalue weighted by Crippen LogP contribution is 2.33. The van der Waals surface area contributed by atoms with Gasteiger partial charge >= 0.3 is 5.97 Å². The van der Waals surface area contributed by atoms with Crippen molar-refractivity contribution in [2.45, 2.75) is 19.9 Å². The first-order valence-corrected chi connectivity index (χ1v) is 11.2. The number of esters is 1. The zero-order chi connectivity index (χ0) is 22.1. The smallest absolute Gasteiger partial charge is 0.338 e. The van der Waals surface area contributed by atoms with Gasteiger partial charge < -0.3 is 14.6 Å². The predicted octanol–water partition coefficient (Wildman–Crippen LogP) is 2.57. The van der Waals surface area contributed by atoms with Crippen molar-refractivity contribution in [2.24, 2.45) is 4.99 Å². The second kappa shape index (κ2) is 8.52. The lowest BCUT2D eigenvalue weighted by Crippen LogP contribution is -2.39. The number of rotatable bonds is 5. The molecule has 0 spiro atoms. The monoisotopic (exact) mass is 456 g/mol. The van der Waals surface area contributed by atoms with Gasteiger partial charge in [-0.2, -0.15) is 0 Å².